The zero-order valence-electron chi connectivity index (χ0n) is 27.6. The van der Waals surface area contributed by atoms with Crippen LogP contribution < -0.4 is 0 Å². The number of aromatic nitrogens is 1. The Bertz CT molecular complexity index is 1380. The molecule has 1 aromatic rings. The maximum Gasteiger partial charge on any atom is 0.355 e. The number of carbonyl (C=O) groups is 2. The SMILES string of the molecule is CO[C@H]1C[C@H]2C=C[C@H]3[C@H]4O[C@@]2(C(C)=C[C@@H](C)[C@@H]([C@@H](C)O[C@@H]2O[C@H](CO)[C@@H](O)[C@H](O)[C@H]2O)OC1=O)[C@@H]3[C@H](O)[C@@H](C)[C@H]4OC(=O)c1ccc[nH]1. The van der Waals surface area contributed by atoms with E-state index in [-0.39, 0.29) is 12.3 Å². The Morgan fingerprint density at radius 2 is 1.88 bits per heavy atom. The first kappa shape index (κ1) is 35.2. The van der Waals surface area contributed by atoms with E-state index >= 15 is 0 Å². The Kier molecular flexibility index (Phi) is 9.95. The largest absolute Gasteiger partial charge is 0.457 e. The summed E-state index contributed by atoms with van der Waals surface area (Å²) in [5.41, 5.74) is 0.0182. The lowest BCUT2D eigenvalue weighted by Crippen LogP contribution is -2.60. The van der Waals surface area contributed by atoms with Crippen molar-refractivity contribution < 1.29 is 63.5 Å². The van der Waals surface area contributed by atoms with Crippen molar-refractivity contribution in [3.8, 4) is 0 Å². The highest BCUT2D eigenvalue weighted by atomic mass is 16.7. The molecule has 1 spiro atoms. The molecule has 14 heteroatoms. The lowest BCUT2D eigenvalue weighted by Gasteiger charge is -2.49. The van der Waals surface area contributed by atoms with Crippen molar-refractivity contribution in [1.29, 1.82) is 0 Å². The molecule has 2 aliphatic carbocycles. The molecule has 5 aliphatic rings. The van der Waals surface area contributed by atoms with Crippen LogP contribution in [0.1, 0.15) is 44.6 Å². The van der Waals surface area contributed by atoms with Gasteiger partial charge in [0.2, 0.25) is 0 Å². The fourth-order valence-corrected chi connectivity index (χ4v) is 8.60. The first-order chi connectivity index (χ1) is 22.8. The van der Waals surface area contributed by atoms with Gasteiger partial charge < -0.3 is 58.9 Å². The third-order valence-electron chi connectivity index (χ3n) is 11.1. The summed E-state index contributed by atoms with van der Waals surface area (Å²) in [6.07, 6.45) is -4.82. The summed E-state index contributed by atoms with van der Waals surface area (Å²) >= 11 is 0. The second-order valence-corrected chi connectivity index (χ2v) is 13.9. The van der Waals surface area contributed by atoms with E-state index < -0.39 is 115 Å². The number of cyclic esters (lactones) is 1. The molecule has 1 aromatic heterocycles. The maximum absolute atomic E-state index is 13.7. The van der Waals surface area contributed by atoms with Crippen molar-refractivity contribution in [2.45, 2.75) is 107 Å². The maximum atomic E-state index is 13.7. The van der Waals surface area contributed by atoms with Gasteiger partial charge in [-0.25, -0.2) is 9.59 Å². The van der Waals surface area contributed by atoms with Crippen LogP contribution in [-0.4, -0.2) is 129 Å². The lowest BCUT2D eigenvalue weighted by atomic mass is 9.57. The van der Waals surface area contributed by atoms with Crippen LogP contribution in [0.4, 0.5) is 0 Å². The summed E-state index contributed by atoms with van der Waals surface area (Å²) in [5, 5.41) is 52.6. The number of aromatic amines is 1. The molecule has 6 rings (SSSR count). The van der Waals surface area contributed by atoms with Crippen LogP contribution in [0.2, 0.25) is 0 Å². The van der Waals surface area contributed by atoms with Gasteiger partial charge in [-0.05, 0) is 38.0 Å². The van der Waals surface area contributed by atoms with Crippen LogP contribution >= 0.6 is 0 Å². The van der Waals surface area contributed by atoms with Gasteiger partial charge in [-0.1, -0.05) is 32.1 Å². The van der Waals surface area contributed by atoms with Gasteiger partial charge in [0, 0.05) is 42.9 Å². The Balaban J connectivity index is 1.33. The van der Waals surface area contributed by atoms with Crippen molar-refractivity contribution in [3.05, 3.63) is 47.8 Å². The third-order valence-corrected chi connectivity index (χ3v) is 11.1. The zero-order valence-corrected chi connectivity index (χ0v) is 27.6. The second-order valence-electron chi connectivity index (χ2n) is 13.9. The molecule has 0 amide bonds. The minimum atomic E-state index is -1.64. The van der Waals surface area contributed by atoms with E-state index in [1.54, 1.807) is 25.3 Å². The standard InChI is InChI=1S/C34H47NO13/c1-14-11-15(2)34-18(8-9-19-23(34)24(37)16(3)29(30(19)48-34)47-31(41)20-7-6-10-35-20)12-21(43-5)32(42)46-28(14)17(4)44-33-27(40)26(39)25(38)22(13-36)45-33/h6-11,14,16-19,21-30,33,35-40H,12-13H2,1-5H3/t14-,16-,17-,18-,19-,21+,22-,23+,24-,25-,26+,27-,28+,29-,30-,33-,34-/m1/s1. The number of aliphatic hydroxyl groups excluding tert-OH is 5. The lowest BCUT2D eigenvalue weighted by molar-refractivity contribution is -0.316. The van der Waals surface area contributed by atoms with E-state index in [4.69, 9.17) is 28.4 Å². The number of hydrogen-bond donors (Lipinski definition) is 6. The highest BCUT2D eigenvalue weighted by Crippen LogP contribution is 2.61. The van der Waals surface area contributed by atoms with Gasteiger partial charge in [-0.15, -0.1) is 0 Å². The van der Waals surface area contributed by atoms with Gasteiger partial charge in [0.05, 0.1) is 18.8 Å². The molecule has 48 heavy (non-hydrogen) atoms. The van der Waals surface area contributed by atoms with Crippen molar-refractivity contribution in [2.24, 2.45) is 29.6 Å². The van der Waals surface area contributed by atoms with Gasteiger partial charge in [0.15, 0.2) is 12.4 Å². The molecule has 266 valence electrons. The first-order valence-electron chi connectivity index (χ1n) is 16.6. The number of H-pyrrole nitrogens is 1. The fourth-order valence-electron chi connectivity index (χ4n) is 8.60. The number of methoxy groups -OCH3 is 1. The predicted octanol–water partition coefficient (Wildman–Crippen LogP) is 0.225. The molecule has 4 bridgehead atoms. The van der Waals surface area contributed by atoms with Gasteiger partial charge in [0.1, 0.15) is 54.0 Å². The van der Waals surface area contributed by atoms with Crippen molar-refractivity contribution in [1.82, 2.24) is 4.98 Å². The molecule has 3 aliphatic heterocycles. The summed E-state index contributed by atoms with van der Waals surface area (Å²) in [6.45, 7) is 6.61. The summed E-state index contributed by atoms with van der Waals surface area (Å²) < 4.78 is 36.2. The van der Waals surface area contributed by atoms with E-state index in [0.29, 0.717) is 5.69 Å². The van der Waals surface area contributed by atoms with Crippen molar-refractivity contribution >= 4 is 11.9 Å². The van der Waals surface area contributed by atoms with Crippen molar-refractivity contribution in [2.75, 3.05) is 13.7 Å². The summed E-state index contributed by atoms with van der Waals surface area (Å²) in [6, 6.07) is 3.32. The van der Waals surface area contributed by atoms with Crippen molar-refractivity contribution in [3.63, 3.8) is 0 Å². The van der Waals surface area contributed by atoms with Crippen LogP contribution in [0.15, 0.2) is 42.1 Å². The summed E-state index contributed by atoms with van der Waals surface area (Å²) in [5.74, 6) is -3.24. The average Bonchev–Trinajstić information content (AvgIpc) is 3.67. The number of aliphatic hydroxyl groups is 5. The molecule has 17 atom stereocenters. The smallest absolute Gasteiger partial charge is 0.355 e. The topological polar surface area (TPSA) is 206 Å². The van der Waals surface area contributed by atoms with Gasteiger partial charge in [-0.3, -0.25) is 0 Å². The molecular weight excluding hydrogens is 630 g/mol. The monoisotopic (exact) mass is 677 g/mol. The summed E-state index contributed by atoms with van der Waals surface area (Å²) in [4.78, 5) is 29.6. The molecule has 4 heterocycles. The van der Waals surface area contributed by atoms with E-state index in [9.17, 15) is 35.1 Å². The Hall–Kier alpha value is -2.66. The second kappa shape index (κ2) is 13.6. The van der Waals surface area contributed by atoms with E-state index in [2.05, 4.69) is 4.98 Å². The molecular formula is C34H47NO13. The van der Waals surface area contributed by atoms with Crippen LogP contribution in [-0.2, 0) is 33.2 Å². The fraction of sp³-hybridized carbons (Fsp3) is 0.706. The molecule has 6 N–H and O–H groups in total. The third kappa shape index (κ3) is 5.74. The molecule has 0 aromatic carbocycles. The Morgan fingerprint density at radius 3 is 2.54 bits per heavy atom. The highest BCUT2D eigenvalue weighted by Gasteiger charge is 2.69. The minimum Gasteiger partial charge on any atom is -0.457 e. The Morgan fingerprint density at radius 1 is 1.12 bits per heavy atom. The van der Waals surface area contributed by atoms with Crippen LogP contribution in [0.3, 0.4) is 0 Å². The van der Waals surface area contributed by atoms with Crippen LogP contribution in [0, 0.1) is 29.6 Å². The number of rotatable bonds is 7. The van der Waals surface area contributed by atoms with Gasteiger partial charge in [0.25, 0.3) is 0 Å². The molecule has 0 unspecified atom stereocenters. The van der Waals surface area contributed by atoms with Gasteiger partial charge >= 0.3 is 11.9 Å². The molecule has 0 radical (unpaired) electrons. The van der Waals surface area contributed by atoms with Crippen LogP contribution in [0.25, 0.3) is 0 Å². The zero-order chi connectivity index (χ0) is 34.7. The first-order valence-corrected chi connectivity index (χ1v) is 16.6. The van der Waals surface area contributed by atoms with E-state index in [1.807, 2.05) is 39.0 Å². The predicted molar refractivity (Wildman–Crippen MR) is 165 cm³/mol. The molecule has 1 saturated carbocycles. The van der Waals surface area contributed by atoms with E-state index in [1.165, 1.54) is 7.11 Å². The van der Waals surface area contributed by atoms with E-state index in [0.717, 1.165) is 5.57 Å². The average molecular weight is 678 g/mol. The molecule has 14 nitrogen and oxygen atoms in total. The molecule has 3 fully saturated rings. The quantitative estimate of drug-likeness (QED) is 0.169. The Labute approximate surface area is 278 Å². The number of nitrogens with one attached hydrogen (secondary N) is 1. The number of esters is 2. The highest BCUT2D eigenvalue weighted by molar-refractivity contribution is 5.87. The normalized spacial score (nSPS) is 46.2. The molecule has 2 saturated heterocycles. The van der Waals surface area contributed by atoms with Gasteiger partial charge in [-0.2, -0.15) is 0 Å². The van der Waals surface area contributed by atoms with Crippen LogP contribution in [0.5, 0.6) is 0 Å². The summed E-state index contributed by atoms with van der Waals surface area (Å²) in [7, 11) is 1.41. The minimum absolute atomic E-state index is 0.171. The number of carbonyl (C=O) groups excluding carboxylic acids is 2. The number of hydrogen-bond acceptors (Lipinski definition) is 13. The number of ether oxygens (including phenoxy) is 6.